The predicted molar refractivity (Wildman–Crippen MR) is 65.1 cm³/mol. The van der Waals surface area contributed by atoms with Crippen LogP contribution in [0.3, 0.4) is 0 Å². The van der Waals surface area contributed by atoms with E-state index < -0.39 is 5.54 Å². The number of nitrogens with zero attached hydrogens (tertiary/aromatic N) is 1. The van der Waals surface area contributed by atoms with Crippen molar-refractivity contribution in [2.75, 3.05) is 13.7 Å². The zero-order valence-corrected chi connectivity index (χ0v) is 11.0. The Labute approximate surface area is 106 Å². The van der Waals surface area contributed by atoms with Gasteiger partial charge in [-0.25, -0.2) is 0 Å². The van der Waals surface area contributed by atoms with Crippen molar-refractivity contribution >= 4 is 5.91 Å². The van der Waals surface area contributed by atoms with E-state index in [1.807, 2.05) is 13.8 Å². The highest BCUT2D eigenvalue weighted by atomic mass is 16.5. The summed E-state index contributed by atoms with van der Waals surface area (Å²) in [5, 5.41) is 15.9. The molecule has 1 aromatic rings. The van der Waals surface area contributed by atoms with Crippen LogP contribution in [0.2, 0.25) is 0 Å². The van der Waals surface area contributed by atoms with Crippen LogP contribution in [-0.4, -0.2) is 35.4 Å². The number of ether oxygens (including phenoxy) is 1. The van der Waals surface area contributed by atoms with Gasteiger partial charge >= 0.3 is 0 Å². The highest BCUT2D eigenvalue weighted by Gasteiger charge is 2.28. The van der Waals surface area contributed by atoms with Crippen molar-refractivity contribution in [3.63, 3.8) is 0 Å². The zero-order valence-electron chi connectivity index (χ0n) is 11.0. The lowest BCUT2D eigenvalue weighted by atomic mass is 9.93. The Balaban J connectivity index is 2.74. The molecule has 18 heavy (non-hydrogen) atoms. The SMILES string of the molecule is CCC(CC)(CO)NC(=O)c1cc(COC)on1. The summed E-state index contributed by atoms with van der Waals surface area (Å²) in [5.41, 5.74) is -0.404. The Bertz CT molecular complexity index is 377. The topological polar surface area (TPSA) is 84.6 Å². The molecular formula is C12H20N2O4. The van der Waals surface area contributed by atoms with Crippen molar-refractivity contribution in [1.29, 1.82) is 0 Å². The van der Waals surface area contributed by atoms with E-state index in [1.165, 1.54) is 13.2 Å². The van der Waals surface area contributed by atoms with Gasteiger partial charge in [-0.1, -0.05) is 19.0 Å². The number of rotatable bonds is 7. The normalized spacial score (nSPS) is 11.6. The molecular weight excluding hydrogens is 236 g/mol. The molecule has 6 nitrogen and oxygen atoms in total. The minimum Gasteiger partial charge on any atom is -0.394 e. The lowest BCUT2D eigenvalue weighted by Crippen LogP contribution is -2.50. The van der Waals surface area contributed by atoms with Crippen LogP contribution in [0.4, 0.5) is 0 Å². The van der Waals surface area contributed by atoms with Crippen molar-refractivity contribution < 1.29 is 19.2 Å². The zero-order chi connectivity index (χ0) is 13.6. The predicted octanol–water partition coefficient (Wildman–Crippen LogP) is 1.10. The van der Waals surface area contributed by atoms with Crippen molar-refractivity contribution in [2.24, 2.45) is 0 Å². The molecule has 1 rings (SSSR count). The minimum absolute atomic E-state index is 0.103. The monoisotopic (exact) mass is 256 g/mol. The summed E-state index contributed by atoms with van der Waals surface area (Å²) in [6.07, 6.45) is 1.29. The van der Waals surface area contributed by atoms with E-state index in [4.69, 9.17) is 9.26 Å². The molecule has 0 spiro atoms. The molecule has 0 atom stereocenters. The maximum atomic E-state index is 12.0. The Hall–Kier alpha value is -1.40. The van der Waals surface area contributed by atoms with Gasteiger partial charge in [-0.2, -0.15) is 0 Å². The van der Waals surface area contributed by atoms with Crippen LogP contribution in [-0.2, 0) is 11.3 Å². The summed E-state index contributed by atoms with van der Waals surface area (Å²) in [4.78, 5) is 12.0. The first-order valence-corrected chi connectivity index (χ1v) is 5.98. The van der Waals surface area contributed by atoms with Crippen LogP contribution in [0.15, 0.2) is 10.6 Å². The summed E-state index contributed by atoms with van der Waals surface area (Å²) in [5.74, 6) is 0.143. The van der Waals surface area contributed by atoms with Crippen LogP contribution < -0.4 is 5.32 Å². The second-order valence-corrected chi connectivity index (χ2v) is 4.21. The van der Waals surface area contributed by atoms with Gasteiger partial charge in [0.25, 0.3) is 5.91 Å². The minimum atomic E-state index is -0.600. The molecule has 1 heterocycles. The molecule has 1 amide bonds. The molecule has 0 aliphatic carbocycles. The second-order valence-electron chi connectivity index (χ2n) is 4.21. The van der Waals surface area contributed by atoms with E-state index in [2.05, 4.69) is 10.5 Å². The Kier molecular flexibility index (Phi) is 5.30. The summed E-state index contributed by atoms with van der Waals surface area (Å²) >= 11 is 0. The first-order chi connectivity index (χ1) is 8.60. The van der Waals surface area contributed by atoms with E-state index in [1.54, 1.807) is 0 Å². The molecule has 0 saturated heterocycles. The maximum absolute atomic E-state index is 12.0. The van der Waals surface area contributed by atoms with Crippen molar-refractivity contribution in [3.8, 4) is 0 Å². The van der Waals surface area contributed by atoms with Crippen molar-refractivity contribution in [2.45, 2.75) is 38.8 Å². The average Bonchev–Trinajstić information content (AvgIpc) is 2.85. The second kappa shape index (κ2) is 6.51. The van der Waals surface area contributed by atoms with Gasteiger partial charge in [-0.3, -0.25) is 4.79 Å². The molecule has 0 aliphatic rings. The number of carbonyl (C=O) groups excluding carboxylic acids is 1. The number of hydrogen-bond donors (Lipinski definition) is 2. The smallest absolute Gasteiger partial charge is 0.273 e. The molecule has 0 unspecified atom stereocenters. The van der Waals surface area contributed by atoms with Crippen LogP contribution in [0.5, 0.6) is 0 Å². The van der Waals surface area contributed by atoms with Crippen LogP contribution in [0.25, 0.3) is 0 Å². The van der Waals surface area contributed by atoms with Gasteiger partial charge in [0.2, 0.25) is 0 Å². The summed E-state index contributed by atoms with van der Waals surface area (Å²) in [6.45, 7) is 4.00. The summed E-state index contributed by atoms with van der Waals surface area (Å²) in [7, 11) is 1.53. The Morgan fingerprint density at radius 3 is 2.72 bits per heavy atom. The van der Waals surface area contributed by atoms with E-state index >= 15 is 0 Å². The Morgan fingerprint density at radius 2 is 2.22 bits per heavy atom. The fraction of sp³-hybridized carbons (Fsp3) is 0.667. The average molecular weight is 256 g/mol. The fourth-order valence-electron chi connectivity index (χ4n) is 1.63. The van der Waals surface area contributed by atoms with Gasteiger partial charge < -0.3 is 19.7 Å². The number of aromatic nitrogens is 1. The molecule has 6 heteroatoms. The van der Waals surface area contributed by atoms with Crippen LogP contribution in [0, 0.1) is 0 Å². The first-order valence-electron chi connectivity index (χ1n) is 5.98. The van der Waals surface area contributed by atoms with Gasteiger partial charge in [0.1, 0.15) is 6.61 Å². The highest BCUT2D eigenvalue weighted by molar-refractivity contribution is 5.92. The molecule has 2 N–H and O–H groups in total. The Morgan fingerprint density at radius 1 is 1.56 bits per heavy atom. The lowest BCUT2D eigenvalue weighted by Gasteiger charge is -2.30. The summed E-state index contributed by atoms with van der Waals surface area (Å²) in [6, 6.07) is 1.53. The third-order valence-corrected chi connectivity index (χ3v) is 3.11. The number of hydrogen-bond acceptors (Lipinski definition) is 5. The number of amides is 1. The van der Waals surface area contributed by atoms with Crippen molar-refractivity contribution in [1.82, 2.24) is 10.5 Å². The van der Waals surface area contributed by atoms with E-state index in [0.29, 0.717) is 18.6 Å². The standard InChI is InChI=1S/C12H20N2O4/c1-4-12(5-2,8-15)13-11(16)10-6-9(7-17-3)18-14-10/h6,15H,4-5,7-8H2,1-3H3,(H,13,16). The largest absolute Gasteiger partial charge is 0.394 e. The lowest BCUT2D eigenvalue weighted by molar-refractivity contribution is 0.0808. The first kappa shape index (κ1) is 14.7. The molecule has 102 valence electrons. The van der Waals surface area contributed by atoms with Gasteiger partial charge in [0, 0.05) is 13.2 Å². The van der Waals surface area contributed by atoms with Gasteiger partial charge in [0.15, 0.2) is 11.5 Å². The van der Waals surface area contributed by atoms with Gasteiger partial charge in [-0.05, 0) is 12.8 Å². The molecule has 0 fully saturated rings. The number of nitrogens with one attached hydrogen (secondary N) is 1. The number of aliphatic hydroxyl groups excluding tert-OH is 1. The van der Waals surface area contributed by atoms with Gasteiger partial charge in [0.05, 0.1) is 12.1 Å². The van der Waals surface area contributed by atoms with Crippen LogP contribution >= 0.6 is 0 Å². The van der Waals surface area contributed by atoms with E-state index in [0.717, 1.165) is 0 Å². The maximum Gasteiger partial charge on any atom is 0.273 e. The van der Waals surface area contributed by atoms with Gasteiger partial charge in [-0.15, -0.1) is 0 Å². The molecule has 0 bridgehead atoms. The molecule has 0 saturated carbocycles. The molecule has 1 aromatic heterocycles. The molecule has 0 aromatic carbocycles. The third-order valence-electron chi connectivity index (χ3n) is 3.11. The number of carbonyl (C=O) groups is 1. The van der Waals surface area contributed by atoms with Crippen molar-refractivity contribution in [3.05, 3.63) is 17.5 Å². The third kappa shape index (κ3) is 3.30. The fourth-order valence-corrected chi connectivity index (χ4v) is 1.63. The highest BCUT2D eigenvalue weighted by Crippen LogP contribution is 2.15. The number of aliphatic hydroxyl groups is 1. The van der Waals surface area contributed by atoms with E-state index in [9.17, 15) is 9.90 Å². The molecule has 0 aliphatic heterocycles. The van der Waals surface area contributed by atoms with Crippen LogP contribution in [0.1, 0.15) is 42.9 Å². The number of methoxy groups -OCH3 is 1. The quantitative estimate of drug-likeness (QED) is 0.763. The molecule has 0 radical (unpaired) electrons. The van der Waals surface area contributed by atoms with E-state index in [-0.39, 0.29) is 24.8 Å². The summed E-state index contributed by atoms with van der Waals surface area (Å²) < 4.78 is 9.82.